The maximum Gasteiger partial charge on any atom is 0.325 e. The fourth-order valence-corrected chi connectivity index (χ4v) is 5.66. The van der Waals surface area contributed by atoms with Gasteiger partial charge in [-0.3, -0.25) is 19.8 Å². The van der Waals surface area contributed by atoms with Crippen molar-refractivity contribution in [3.05, 3.63) is 88.2 Å². The smallest absolute Gasteiger partial charge is 0.325 e. The lowest BCUT2D eigenvalue weighted by atomic mass is 9.94. The lowest BCUT2D eigenvalue weighted by molar-refractivity contribution is -0.139. The van der Waals surface area contributed by atoms with Gasteiger partial charge in [-0.1, -0.05) is 67.8 Å². The highest BCUT2D eigenvalue weighted by Crippen LogP contribution is 2.26. The van der Waals surface area contributed by atoms with Crippen LogP contribution in [0.15, 0.2) is 71.5 Å². The Morgan fingerprint density at radius 3 is 2.27 bits per heavy atom. The number of nitrogens with zero attached hydrogens (tertiary/aromatic N) is 2. The van der Waals surface area contributed by atoms with Gasteiger partial charge in [0, 0.05) is 55.7 Å². The summed E-state index contributed by atoms with van der Waals surface area (Å²) in [4.78, 5) is 32.6. The molecule has 0 bridgehead atoms. The predicted octanol–water partition coefficient (Wildman–Crippen LogP) is 4.41. The van der Waals surface area contributed by atoms with Crippen LogP contribution in [-0.4, -0.2) is 53.2 Å². The number of aromatic amines is 1. The van der Waals surface area contributed by atoms with Crippen molar-refractivity contribution in [1.29, 1.82) is 0 Å². The fourth-order valence-electron chi connectivity index (χ4n) is 5.66. The molecule has 2 heterocycles. The SMILES string of the molecule is O=C(O)C(NCc1ccc(-c2ccc(N3CCN(C4CCCCC4)CC3)cc2)[nH]c1=O)c1ccccc1. The Hall–Kier alpha value is -3.42. The maximum absolute atomic E-state index is 12.8. The molecule has 1 atom stereocenters. The number of hydrogen-bond acceptors (Lipinski definition) is 5. The number of carboxylic acids is 1. The molecule has 3 aromatic rings. The van der Waals surface area contributed by atoms with Gasteiger partial charge < -0.3 is 15.0 Å². The molecule has 1 saturated carbocycles. The lowest BCUT2D eigenvalue weighted by Crippen LogP contribution is -2.50. The highest BCUT2D eigenvalue weighted by Gasteiger charge is 2.25. The molecule has 1 saturated heterocycles. The zero-order chi connectivity index (χ0) is 25.6. The van der Waals surface area contributed by atoms with E-state index in [4.69, 9.17) is 0 Å². The first-order valence-electron chi connectivity index (χ1n) is 13.4. The van der Waals surface area contributed by atoms with E-state index >= 15 is 0 Å². The standard InChI is InChI=1S/C30H36N4O3/c35-29-24(21-31-28(30(36)37)23-7-3-1-4-8-23)13-16-27(32-29)22-11-14-26(15-12-22)34-19-17-33(18-20-34)25-9-5-2-6-10-25/h1,3-4,7-8,11-16,25,28,31H,2,5-6,9-10,17-21H2,(H,32,35)(H,36,37). The summed E-state index contributed by atoms with van der Waals surface area (Å²) in [5, 5.41) is 12.6. The van der Waals surface area contributed by atoms with Crippen molar-refractivity contribution in [1.82, 2.24) is 15.2 Å². The van der Waals surface area contributed by atoms with Crippen LogP contribution in [0.2, 0.25) is 0 Å². The van der Waals surface area contributed by atoms with Crippen LogP contribution >= 0.6 is 0 Å². The first kappa shape index (κ1) is 25.2. The van der Waals surface area contributed by atoms with Gasteiger partial charge in [-0.15, -0.1) is 0 Å². The average Bonchev–Trinajstić information content (AvgIpc) is 2.95. The third kappa shape index (κ3) is 6.12. The van der Waals surface area contributed by atoms with Gasteiger partial charge in [0.25, 0.3) is 5.56 Å². The van der Waals surface area contributed by atoms with Crippen LogP contribution in [0.25, 0.3) is 11.3 Å². The maximum atomic E-state index is 12.8. The summed E-state index contributed by atoms with van der Waals surface area (Å²) in [5.74, 6) is -0.977. The molecule has 1 aliphatic heterocycles. The van der Waals surface area contributed by atoms with E-state index in [1.165, 1.54) is 37.8 Å². The number of carbonyl (C=O) groups is 1. The minimum absolute atomic E-state index is 0.160. The number of H-pyrrole nitrogens is 1. The van der Waals surface area contributed by atoms with Crippen LogP contribution < -0.4 is 15.8 Å². The van der Waals surface area contributed by atoms with Gasteiger partial charge in [-0.25, -0.2) is 0 Å². The number of anilines is 1. The summed E-state index contributed by atoms with van der Waals surface area (Å²) >= 11 is 0. The third-order valence-corrected chi connectivity index (χ3v) is 7.82. The Labute approximate surface area is 218 Å². The second-order valence-electron chi connectivity index (χ2n) is 10.2. The molecule has 2 fully saturated rings. The van der Waals surface area contributed by atoms with Crippen LogP contribution in [0.3, 0.4) is 0 Å². The van der Waals surface area contributed by atoms with E-state index in [2.05, 4.69) is 44.4 Å². The Balaban J connectivity index is 1.19. The highest BCUT2D eigenvalue weighted by molar-refractivity contribution is 5.75. The third-order valence-electron chi connectivity index (χ3n) is 7.82. The number of rotatable bonds is 8. The zero-order valence-electron chi connectivity index (χ0n) is 21.2. The monoisotopic (exact) mass is 500 g/mol. The molecule has 1 aromatic heterocycles. The predicted molar refractivity (Wildman–Crippen MR) is 147 cm³/mol. The Bertz CT molecular complexity index is 1230. The number of nitrogens with one attached hydrogen (secondary N) is 2. The topological polar surface area (TPSA) is 88.7 Å². The van der Waals surface area contributed by atoms with Gasteiger partial charge in [-0.05, 0) is 42.2 Å². The number of benzene rings is 2. The van der Waals surface area contributed by atoms with E-state index < -0.39 is 12.0 Å². The molecule has 0 amide bonds. The number of pyridine rings is 1. The number of aromatic nitrogens is 1. The molecule has 7 nitrogen and oxygen atoms in total. The molecular formula is C30H36N4O3. The van der Waals surface area contributed by atoms with Crippen LogP contribution in [-0.2, 0) is 11.3 Å². The van der Waals surface area contributed by atoms with Crippen molar-refractivity contribution in [3.63, 3.8) is 0 Å². The molecule has 2 aliphatic rings. The van der Waals surface area contributed by atoms with Crippen molar-refractivity contribution in [2.45, 2.75) is 50.7 Å². The van der Waals surface area contributed by atoms with Crippen molar-refractivity contribution >= 4 is 11.7 Å². The summed E-state index contributed by atoms with van der Waals surface area (Å²) in [6, 6.07) is 20.9. The summed E-state index contributed by atoms with van der Waals surface area (Å²) in [6.45, 7) is 4.52. The molecule has 37 heavy (non-hydrogen) atoms. The second kappa shape index (κ2) is 11.8. The number of aliphatic carboxylic acids is 1. The molecule has 5 rings (SSSR count). The molecule has 0 radical (unpaired) electrons. The number of piperazine rings is 1. The van der Waals surface area contributed by atoms with Crippen LogP contribution in [0.1, 0.15) is 49.3 Å². The highest BCUT2D eigenvalue weighted by atomic mass is 16.4. The molecule has 0 spiro atoms. The zero-order valence-corrected chi connectivity index (χ0v) is 21.2. The van der Waals surface area contributed by atoms with E-state index in [-0.39, 0.29) is 12.1 Å². The molecule has 7 heteroatoms. The largest absolute Gasteiger partial charge is 0.480 e. The number of carboxylic acid groups (broad SMARTS) is 1. The quantitative estimate of drug-likeness (QED) is 0.425. The Kier molecular flexibility index (Phi) is 8.02. The summed E-state index contributed by atoms with van der Waals surface area (Å²) in [6.07, 6.45) is 6.86. The van der Waals surface area contributed by atoms with Crippen LogP contribution in [0, 0.1) is 0 Å². The summed E-state index contributed by atoms with van der Waals surface area (Å²) < 4.78 is 0. The first-order chi connectivity index (χ1) is 18.1. The van der Waals surface area contributed by atoms with E-state index in [0.717, 1.165) is 43.5 Å². The van der Waals surface area contributed by atoms with Gasteiger partial charge in [0.1, 0.15) is 6.04 Å². The molecule has 194 valence electrons. The lowest BCUT2D eigenvalue weighted by Gasteiger charge is -2.41. The van der Waals surface area contributed by atoms with Crippen molar-refractivity contribution in [3.8, 4) is 11.3 Å². The van der Waals surface area contributed by atoms with E-state index in [9.17, 15) is 14.7 Å². The summed E-state index contributed by atoms with van der Waals surface area (Å²) in [5.41, 5.74) is 3.85. The normalized spacial score (nSPS) is 18.0. The van der Waals surface area contributed by atoms with Gasteiger partial charge in [-0.2, -0.15) is 0 Å². The number of hydrogen-bond donors (Lipinski definition) is 3. The van der Waals surface area contributed by atoms with Gasteiger partial charge in [0.05, 0.1) is 0 Å². The van der Waals surface area contributed by atoms with Gasteiger partial charge >= 0.3 is 5.97 Å². The van der Waals surface area contributed by atoms with E-state index in [1.807, 2.05) is 12.1 Å². The Morgan fingerprint density at radius 2 is 1.62 bits per heavy atom. The molecule has 1 unspecified atom stereocenters. The van der Waals surface area contributed by atoms with Crippen LogP contribution in [0.4, 0.5) is 5.69 Å². The van der Waals surface area contributed by atoms with E-state index in [0.29, 0.717) is 11.1 Å². The Morgan fingerprint density at radius 1 is 0.919 bits per heavy atom. The average molecular weight is 501 g/mol. The fraction of sp³-hybridized carbons (Fsp3) is 0.400. The molecule has 2 aromatic carbocycles. The molecule has 3 N–H and O–H groups in total. The molecular weight excluding hydrogens is 464 g/mol. The second-order valence-corrected chi connectivity index (χ2v) is 10.2. The first-order valence-corrected chi connectivity index (χ1v) is 13.4. The van der Waals surface area contributed by atoms with Gasteiger partial charge in [0.2, 0.25) is 0 Å². The minimum atomic E-state index is -0.977. The van der Waals surface area contributed by atoms with Crippen molar-refractivity contribution < 1.29 is 9.90 Å². The van der Waals surface area contributed by atoms with Crippen LogP contribution in [0.5, 0.6) is 0 Å². The van der Waals surface area contributed by atoms with Crippen molar-refractivity contribution in [2.75, 3.05) is 31.1 Å². The van der Waals surface area contributed by atoms with Crippen molar-refractivity contribution in [2.24, 2.45) is 0 Å². The summed E-state index contributed by atoms with van der Waals surface area (Å²) in [7, 11) is 0. The van der Waals surface area contributed by atoms with E-state index in [1.54, 1.807) is 30.3 Å². The van der Waals surface area contributed by atoms with Gasteiger partial charge in [0.15, 0.2) is 0 Å². The molecule has 1 aliphatic carbocycles. The minimum Gasteiger partial charge on any atom is -0.480 e.